The van der Waals surface area contributed by atoms with E-state index < -0.39 is 51.1 Å². The number of allylic oxidation sites excluding steroid dienone is 1. The predicted molar refractivity (Wildman–Crippen MR) is 137 cm³/mol. The molecule has 0 spiro atoms. The molecule has 0 aliphatic heterocycles. The van der Waals surface area contributed by atoms with Gasteiger partial charge in [-0.05, 0) is 118 Å². The Kier molecular flexibility index (Phi) is 5.82. The molecule has 0 bridgehead atoms. The van der Waals surface area contributed by atoms with Crippen LogP contribution in [0.1, 0.15) is 91.9 Å². The van der Waals surface area contributed by atoms with Crippen molar-refractivity contribution >= 4 is 17.9 Å². The number of aliphatic carboxylic acids is 3. The molecule has 0 aromatic carbocycles. The van der Waals surface area contributed by atoms with Gasteiger partial charge in [-0.2, -0.15) is 0 Å². The minimum Gasteiger partial charge on any atom is -0.481 e. The number of hydrogen-bond acceptors (Lipinski definition) is 4. The molecular formula is C30H44O7. The van der Waals surface area contributed by atoms with E-state index in [9.17, 15) is 34.8 Å². The third-order valence-electron chi connectivity index (χ3n) is 13.4. The topological polar surface area (TPSA) is 132 Å². The Hall–Kier alpha value is -1.89. The van der Waals surface area contributed by atoms with Gasteiger partial charge in [0.1, 0.15) is 0 Å². The van der Waals surface area contributed by atoms with Gasteiger partial charge in [0.05, 0.1) is 22.3 Å². The zero-order valence-corrected chi connectivity index (χ0v) is 22.8. The molecule has 0 amide bonds. The van der Waals surface area contributed by atoms with E-state index in [1.807, 2.05) is 6.92 Å². The summed E-state index contributed by atoms with van der Waals surface area (Å²) in [7, 11) is 0. The van der Waals surface area contributed by atoms with Crippen molar-refractivity contribution in [2.45, 2.75) is 98.0 Å². The van der Waals surface area contributed by atoms with Gasteiger partial charge in [-0.3, -0.25) is 14.4 Å². The van der Waals surface area contributed by atoms with E-state index in [0.29, 0.717) is 51.4 Å². The smallest absolute Gasteiger partial charge is 0.312 e. The average Bonchev–Trinajstić information content (AvgIpc) is 3.23. The SMILES string of the molecule is C=C(C)[C@H]1CC[C@]2(C(=O)O)CC[C@]3(C(=O)O)[C@@H](CC[C@@H]4[C@]5(C)CC[C@H](O)[C@@](C)(C(=O)O)[C@@H]5CC[C@@]43C)[C@H]12. The molecule has 7 heteroatoms. The molecule has 5 saturated carbocycles. The Morgan fingerprint density at radius 3 is 2.00 bits per heavy atom. The van der Waals surface area contributed by atoms with E-state index in [0.717, 1.165) is 18.4 Å². The molecule has 5 fully saturated rings. The molecule has 11 atom stereocenters. The number of carboxylic acid groups (broad SMARTS) is 3. The Morgan fingerprint density at radius 1 is 0.757 bits per heavy atom. The summed E-state index contributed by atoms with van der Waals surface area (Å²) in [5, 5.41) is 42.7. The maximum absolute atomic E-state index is 13.6. The van der Waals surface area contributed by atoms with Crippen molar-refractivity contribution in [1.82, 2.24) is 0 Å². The van der Waals surface area contributed by atoms with Crippen LogP contribution in [0.2, 0.25) is 0 Å². The minimum atomic E-state index is -1.26. The van der Waals surface area contributed by atoms with Crippen LogP contribution in [0, 0.1) is 56.7 Å². The Bertz CT molecular complexity index is 1050. The first kappa shape index (κ1) is 26.7. The largest absolute Gasteiger partial charge is 0.481 e. The molecule has 5 aliphatic carbocycles. The highest BCUT2D eigenvalue weighted by atomic mass is 16.4. The van der Waals surface area contributed by atoms with Gasteiger partial charge >= 0.3 is 17.9 Å². The standard InChI is InChI=1S/C30H44O7/c1-16(2)17-8-13-29(24(34)35)14-15-30(25(36)37)18(22(17)29)6-7-19-26(3)11-10-21(31)28(5,23(32)33)20(26)9-12-27(19,30)4/h17-22,31H,1,6-15H2,2-5H3,(H,32,33)(H,34,35)(H,36,37)/t17-,18+,19-,20-,21+,22+,26+,27+,28+,29+,30-/m1/s1. The summed E-state index contributed by atoms with van der Waals surface area (Å²) in [6.07, 6.45) is 4.75. The van der Waals surface area contributed by atoms with Crippen LogP contribution in [-0.2, 0) is 14.4 Å². The van der Waals surface area contributed by atoms with Crippen LogP contribution in [0.25, 0.3) is 0 Å². The van der Waals surface area contributed by atoms with Crippen molar-refractivity contribution in [3.05, 3.63) is 12.2 Å². The van der Waals surface area contributed by atoms with Crippen LogP contribution in [0.15, 0.2) is 12.2 Å². The first-order valence-electron chi connectivity index (χ1n) is 14.2. The molecule has 0 aromatic rings. The van der Waals surface area contributed by atoms with E-state index in [1.165, 1.54) is 0 Å². The number of hydrogen-bond donors (Lipinski definition) is 4. The first-order valence-corrected chi connectivity index (χ1v) is 14.2. The maximum atomic E-state index is 13.6. The number of carbonyl (C=O) groups is 3. The van der Waals surface area contributed by atoms with Crippen LogP contribution in [0.5, 0.6) is 0 Å². The monoisotopic (exact) mass is 516 g/mol. The second-order valence-electron chi connectivity index (χ2n) is 14.1. The van der Waals surface area contributed by atoms with E-state index >= 15 is 0 Å². The van der Waals surface area contributed by atoms with Gasteiger partial charge < -0.3 is 20.4 Å². The molecule has 0 radical (unpaired) electrons. The fourth-order valence-electron chi connectivity index (χ4n) is 11.6. The molecule has 5 rings (SSSR count). The van der Waals surface area contributed by atoms with Gasteiger partial charge in [-0.15, -0.1) is 0 Å². The molecule has 4 N–H and O–H groups in total. The van der Waals surface area contributed by atoms with Gasteiger partial charge in [0.2, 0.25) is 0 Å². The normalized spacial score (nSPS) is 52.7. The molecule has 0 saturated heterocycles. The highest BCUT2D eigenvalue weighted by Crippen LogP contribution is 2.77. The number of aliphatic hydroxyl groups is 1. The molecule has 0 heterocycles. The second-order valence-corrected chi connectivity index (χ2v) is 14.1. The predicted octanol–water partition coefficient (Wildman–Crippen LogP) is 5.22. The fourth-order valence-corrected chi connectivity index (χ4v) is 11.6. The Labute approximate surface area is 219 Å². The summed E-state index contributed by atoms with van der Waals surface area (Å²) in [5.41, 5.74) is -3.24. The maximum Gasteiger partial charge on any atom is 0.312 e. The third-order valence-corrected chi connectivity index (χ3v) is 13.4. The van der Waals surface area contributed by atoms with Gasteiger partial charge in [0, 0.05) is 0 Å². The van der Waals surface area contributed by atoms with Crippen LogP contribution in [0.3, 0.4) is 0 Å². The zero-order chi connectivity index (χ0) is 27.3. The summed E-state index contributed by atoms with van der Waals surface area (Å²) in [5.74, 6) is -3.30. The quantitative estimate of drug-likeness (QED) is 0.377. The Balaban J connectivity index is 1.64. The van der Waals surface area contributed by atoms with Crippen LogP contribution in [0.4, 0.5) is 0 Å². The average molecular weight is 517 g/mol. The fraction of sp³-hybridized carbons (Fsp3) is 0.833. The molecule has 0 unspecified atom stereocenters. The lowest BCUT2D eigenvalue weighted by Gasteiger charge is -2.71. The highest BCUT2D eigenvalue weighted by molar-refractivity contribution is 5.81. The summed E-state index contributed by atoms with van der Waals surface area (Å²) < 4.78 is 0. The molecule has 5 aliphatic rings. The first-order chi connectivity index (χ1) is 17.1. The minimum absolute atomic E-state index is 0.000663. The van der Waals surface area contributed by atoms with Crippen molar-refractivity contribution in [1.29, 1.82) is 0 Å². The number of fused-ring (bicyclic) bond motifs is 7. The van der Waals surface area contributed by atoms with Crippen molar-refractivity contribution < 1.29 is 34.8 Å². The van der Waals surface area contributed by atoms with Crippen LogP contribution >= 0.6 is 0 Å². The lowest BCUT2D eigenvalue weighted by Crippen LogP contribution is -2.70. The van der Waals surface area contributed by atoms with Gasteiger partial charge in [0.25, 0.3) is 0 Å². The van der Waals surface area contributed by atoms with Crippen molar-refractivity contribution in [2.75, 3.05) is 0 Å². The van der Waals surface area contributed by atoms with E-state index in [2.05, 4.69) is 20.4 Å². The zero-order valence-electron chi connectivity index (χ0n) is 22.8. The van der Waals surface area contributed by atoms with Gasteiger partial charge in [-0.1, -0.05) is 26.0 Å². The van der Waals surface area contributed by atoms with E-state index in [1.54, 1.807) is 6.92 Å². The van der Waals surface area contributed by atoms with Crippen molar-refractivity contribution in [3.8, 4) is 0 Å². The van der Waals surface area contributed by atoms with E-state index in [4.69, 9.17) is 0 Å². The lowest BCUT2D eigenvalue weighted by molar-refractivity contribution is -0.257. The van der Waals surface area contributed by atoms with Crippen molar-refractivity contribution in [2.24, 2.45) is 56.7 Å². The summed E-state index contributed by atoms with van der Waals surface area (Å²) in [6.45, 7) is 12.1. The van der Waals surface area contributed by atoms with Crippen LogP contribution < -0.4 is 0 Å². The van der Waals surface area contributed by atoms with Crippen molar-refractivity contribution in [3.63, 3.8) is 0 Å². The molecule has 7 nitrogen and oxygen atoms in total. The number of rotatable bonds is 4. The lowest BCUT2D eigenvalue weighted by atomic mass is 9.31. The molecule has 0 aromatic heterocycles. The summed E-state index contributed by atoms with van der Waals surface area (Å²) >= 11 is 0. The van der Waals surface area contributed by atoms with Gasteiger partial charge in [0.15, 0.2) is 0 Å². The van der Waals surface area contributed by atoms with Crippen LogP contribution in [-0.4, -0.2) is 44.4 Å². The molecule has 206 valence electrons. The third kappa shape index (κ3) is 2.95. The molecular weight excluding hydrogens is 472 g/mol. The molecule has 37 heavy (non-hydrogen) atoms. The summed E-state index contributed by atoms with van der Waals surface area (Å²) in [4.78, 5) is 38.9. The number of aliphatic hydroxyl groups excluding tert-OH is 1. The second kappa shape index (κ2) is 8.06. The summed E-state index contributed by atoms with van der Waals surface area (Å²) in [6, 6.07) is 0. The number of carboxylic acids is 3. The Morgan fingerprint density at radius 2 is 1.43 bits per heavy atom. The van der Waals surface area contributed by atoms with E-state index in [-0.39, 0.29) is 29.6 Å². The highest BCUT2D eigenvalue weighted by Gasteiger charge is 2.76. The van der Waals surface area contributed by atoms with Gasteiger partial charge in [-0.25, -0.2) is 0 Å².